The molecule has 16 heavy (non-hydrogen) atoms. The van der Waals surface area contributed by atoms with E-state index in [1.54, 1.807) is 0 Å². The van der Waals surface area contributed by atoms with Gasteiger partial charge in [-0.15, -0.1) is 0 Å². The lowest BCUT2D eigenvalue weighted by Crippen LogP contribution is -2.26. The monoisotopic (exact) mass is 218 g/mol. The van der Waals surface area contributed by atoms with Gasteiger partial charge >= 0.3 is 11.9 Å². The Labute approximate surface area is 91.8 Å². The van der Waals surface area contributed by atoms with E-state index in [-0.39, 0.29) is 18.4 Å². The third-order valence-corrected chi connectivity index (χ3v) is 3.61. The van der Waals surface area contributed by atoms with Gasteiger partial charge in [-0.2, -0.15) is 0 Å². The fourth-order valence-electron chi connectivity index (χ4n) is 2.79. The Bertz CT molecular complexity index is 467. The maximum atomic E-state index is 11.6. The van der Waals surface area contributed by atoms with Crippen LogP contribution in [0.4, 0.5) is 0 Å². The van der Waals surface area contributed by atoms with Crippen LogP contribution < -0.4 is 0 Å². The van der Waals surface area contributed by atoms with Crippen LogP contribution in [0.5, 0.6) is 0 Å². The van der Waals surface area contributed by atoms with Crippen LogP contribution in [0.2, 0.25) is 0 Å². The predicted molar refractivity (Wildman–Crippen MR) is 53.7 cm³/mol. The minimum absolute atomic E-state index is 0.195. The number of hydrogen-bond donors (Lipinski definition) is 1. The molecule has 0 amide bonds. The van der Waals surface area contributed by atoms with Gasteiger partial charge in [-0.25, -0.2) is 0 Å². The summed E-state index contributed by atoms with van der Waals surface area (Å²) in [6.07, 6.45) is 0. The molecule has 3 unspecified atom stereocenters. The lowest BCUT2D eigenvalue weighted by Gasteiger charge is -2.08. The molecule has 1 aliphatic heterocycles. The fraction of sp³-hybridized carbons (Fsp3) is 0.333. The first-order chi connectivity index (χ1) is 7.69. The highest BCUT2D eigenvalue weighted by Gasteiger charge is 2.79. The number of aliphatic carboxylic acids is 1. The van der Waals surface area contributed by atoms with E-state index in [4.69, 9.17) is 4.74 Å². The maximum Gasteiger partial charge on any atom is 0.324 e. The average molecular weight is 218 g/mol. The first kappa shape index (κ1) is 9.39. The summed E-state index contributed by atoms with van der Waals surface area (Å²) in [5.41, 5.74) is -0.395. The molecule has 4 nitrogen and oxygen atoms in total. The van der Waals surface area contributed by atoms with Gasteiger partial charge in [0.2, 0.25) is 0 Å². The van der Waals surface area contributed by atoms with E-state index >= 15 is 0 Å². The number of carbonyl (C=O) groups is 2. The average Bonchev–Trinajstić information content (AvgIpc) is 2.86. The third kappa shape index (κ3) is 0.894. The van der Waals surface area contributed by atoms with Crippen LogP contribution in [0.3, 0.4) is 0 Å². The molecule has 1 aliphatic carbocycles. The summed E-state index contributed by atoms with van der Waals surface area (Å²) < 4.78 is 4.81. The number of esters is 1. The van der Waals surface area contributed by atoms with Crippen molar-refractivity contribution in [3.05, 3.63) is 35.9 Å². The number of hydrogen-bond acceptors (Lipinski definition) is 3. The predicted octanol–water partition coefficient (Wildman–Crippen LogP) is 1.03. The summed E-state index contributed by atoms with van der Waals surface area (Å²) >= 11 is 0. The highest BCUT2D eigenvalue weighted by molar-refractivity contribution is 6.06. The Kier molecular flexibility index (Phi) is 1.67. The molecule has 0 spiro atoms. The van der Waals surface area contributed by atoms with Gasteiger partial charge in [-0.1, -0.05) is 30.3 Å². The first-order valence-corrected chi connectivity index (χ1v) is 5.14. The zero-order valence-electron chi connectivity index (χ0n) is 8.42. The summed E-state index contributed by atoms with van der Waals surface area (Å²) in [6.45, 7) is 0.227. The molecule has 1 saturated carbocycles. The molecule has 2 fully saturated rings. The largest absolute Gasteiger partial charge is 0.480 e. The molecule has 2 aliphatic rings. The van der Waals surface area contributed by atoms with Crippen molar-refractivity contribution in [3.8, 4) is 0 Å². The van der Waals surface area contributed by atoms with Gasteiger partial charge in [0.25, 0.3) is 0 Å². The number of benzene rings is 1. The molecule has 1 aromatic rings. The normalized spacial score (nSPS) is 35.4. The highest BCUT2D eigenvalue weighted by atomic mass is 16.5. The number of carbonyl (C=O) groups excluding carboxylic acids is 1. The second kappa shape index (κ2) is 2.84. The van der Waals surface area contributed by atoms with Gasteiger partial charge in [0.1, 0.15) is 0 Å². The van der Waals surface area contributed by atoms with Gasteiger partial charge in [0.05, 0.1) is 6.61 Å². The first-order valence-electron chi connectivity index (χ1n) is 5.14. The molecule has 0 radical (unpaired) electrons. The number of carboxylic acids is 1. The molecule has 3 rings (SSSR count). The molecule has 0 bridgehead atoms. The Morgan fingerprint density at radius 3 is 2.62 bits per heavy atom. The molecule has 4 heteroatoms. The van der Waals surface area contributed by atoms with Gasteiger partial charge < -0.3 is 9.84 Å². The van der Waals surface area contributed by atoms with Crippen molar-refractivity contribution >= 4 is 11.9 Å². The topological polar surface area (TPSA) is 63.6 Å². The van der Waals surface area contributed by atoms with Gasteiger partial charge in [0.15, 0.2) is 5.41 Å². The Hall–Kier alpha value is -1.84. The smallest absolute Gasteiger partial charge is 0.324 e. The summed E-state index contributed by atoms with van der Waals surface area (Å²) in [5.74, 6) is -2.06. The molecule has 1 aromatic carbocycles. The van der Waals surface area contributed by atoms with Crippen LogP contribution in [-0.2, 0) is 14.3 Å². The molecule has 1 saturated heterocycles. The van der Waals surface area contributed by atoms with Crippen LogP contribution in [0.1, 0.15) is 11.5 Å². The quantitative estimate of drug-likeness (QED) is 0.594. The SMILES string of the molecule is O=C(O)C12C(=O)OCC1C2c1ccccc1. The second-order valence-electron chi connectivity index (χ2n) is 4.27. The van der Waals surface area contributed by atoms with E-state index in [0.717, 1.165) is 5.56 Å². The van der Waals surface area contributed by atoms with Crippen LogP contribution in [-0.4, -0.2) is 23.7 Å². The van der Waals surface area contributed by atoms with Crippen molar-refractivity contribution in [2.45, 2.75) is 5.92 Å². The Morgan fingerprint density at radius 2 is 2.06 bits per heavy atom. The molecule has 0 aromatic heterocycles. The summed E-state index contributed by atoms with van der Waals surface area (Å²) in [5, 5.41) is 9.22. The molecule has 3 atom stereocenters. The van der Waals surface area contributed by atoms with Crippen LogP contribution >= 0.6 is 0 Å². The van der Waals surface area contributed by atoms with Crippen molar-refractivity contribution in [1.82, 2.24) is 0 Å². The number of carboxylic acid groups (broad SMARTS) is 1. The van der Waals surface area contributed by atoms with E-state index in [1.165, 1.54) is 0 Å². The van der Waals surface area contributed by atoms with E-state index < -0.39 is 17.4 Å². The molecular weight excluding hydrogens is 208 g/mol. The van der Waals surface area contributed by atoms with Crippen molar-refractivity contribution in [2.75, 3.05) is 6.61 Å². The van der Waals surface area contributed by atoms with Gasteiger partial charge in [0, 0.05) is 11.8 Å². The van der Waals surface area contributed by atoms with Crippen LogP contribution in [0, 0.1) is 11.3 Å². The zero-order valence-corrected chi connectivity index (χ0v) is 8.42. The third-order valence-electron chi connectivity index (χ3n) is 3.61. The van der Waals surface area contributed by atoms with Crippen molar-refractivity contribution in [1.29, 1.82) is 0 Å². The van der Waals surface area contributed by atoms with Crippen molar-refractivity contribution in [2.24, 2.45) is 11.3 Å². The molecular formula is C12H10O4. The maximum absolute atomic E-state index is 11.6. The summed E-state index contributed by atoms with van der Waals surface area (Å²) in [7, 11) is 0. The van der Waals surface area contributed by atoms with E-state index in [0.29, 0.717) is 0 Å². The standard InChI is InChI=1S/C12H10O4/c13-10(14)12-8(6-16-11(12)15)9(12)7-4-2-1-3-5-7/h1-5,8-9H,6H2,(H,13,14). The van der Waals surface area contributed by atoms with E-state index in [2.05, 4.69) is 0 Å². The minimum atomic E-state index is -1.30. The summed E-state index contributed by atoms with van der Waals surface area (Å²) in [4.78, 5) is 22.8. The molecule has 1 heterocycles. The van der Waals surface area contributed by atoms with Crippen molar-refractivity contribution < 1.29 is 19.4 Å². The highest BCUT2D eigenvalue weighted by Crippen LogP contribution is 2.68. The van der Waals surface area contributed by atoms with Gasteiger partial charge in [-0.3, -0.25) is 9.59 Å². The van der Waals surface area contributed by atoms with Crippen LogP contribution in [0.15, 0.2) is 30.3 Å². The Morgan fingerprint density at radius 1 is 1.38 bits per heavy atom. The fourth-order valence-corrected chi connectivity index (χ4v) is 2.79. The number of rotatable bonds is 2. The number of cyclic esters (lactones) is 1. The second-order valence-corrected chi connectivity index (χ2v) is 4.27. The minimum Gasteiger partial charge on any atom is -0.480 e. The lowest BCUT2D eigenvalue weighted by molar-refractivity contribution is -0.156. The lowest BCUT2D eigenvalue weighted by atomic mass is 9.99. The molecule has 82 valence electrons. The number of ether oxygens (including phenoxy) is 1. The zero-order chi connectivity index (χ0) is 11.3. The number of fused-ring (bicyclic) bond motifs is 1. The van der Waals surface area contributed by atoms with Crippen molar-refractivity contribution in [3.63, 3.8) is 0 Å². The van der Waals surface area contributed by atoms with E-state index in [1.807, 2.05) is 30.3 Å². The van der Waals surface area contributed by atoms with Crippen LogP contribution in [0.25, 0.3) is 0 Å². The molecule has 1 N–H and O–H groups in total. The Balaban J connectivity index is 2.03. The summed E-state index contributed by atoms with van der Waals surface area (Å²) in [6, 6.07) is 9.30. The van der Waals surface area contributed by atoms with Gasteiger partial charge in [-0.05, 0) is 5.56 Å². The van der Waals surface area contributed by atoms with E-state index in [9.17, 15) is 14.7 Å².